The molecule has 0 aromatic heterocycles. The smallest absolute Gasteiger partial charge is 0.237 e. The van der Waals surface area contributed by atoms with Crippen LogP contribution in [-0.4, -0.2) is 60.5 Å². The maximum absolute atomic E-state index is 11.5. The van der Waals surface area contributed by atoms with Gasteiger partial charge >= 0.3 is 0 Å². The van der Waals surface area contributed by atoms with Gasteiger partial charge in [0.05, 0.1) is 5.54 Å². The van der Waals surface area contributed by atoms with Crippen molar-refractivity contribution in [2.24, 2.45) is 17.4 Å². The molecule has 1 saturated heterocycles. The van der Waals surface area contributed by atoms with E-state index in [4.69, 9.17) is 11.5 Å². The molecule has 19 heavy (non-hydrogen) atoms. The highest BCUT2D eigenvalue weighted by Gasteiger charge is 2.42. The number of nitrogens with two attached hydrogens (primary N) is 2. The molecule has 1 amide bonds. The molecule has 5 nitrogen and oxygen atoms in total. The highest BCUT2D eigenvalue weighted by molar-refractivity contribution is 5.84. The van der Waals surface area contributed by atoms with Gasteiger partial charge in [0.25, 0.3) is 0 Å². The summed E-state index contributed by atoms with van der Waals surface area (Å²) in [6.07, 6.45) is 3.59. The Balaban J connectivity index is 2.01. The number of hydrogen-bond donors (Lipinski definition) is 2. The van der Waals surface area contributed by atoms with E-state index in [1.807, 2.05) is 0 Å². The van der Waals surface area contributed by atoms with Crippen LogP contribution in [0.1, 0.15) is 32.6 Å². The maximum Gasteiger partial charge on any atom is 0.237 e. The lowest BCUT2D eigenvalue weighted by Gasteiger charge is -2.39. The largest absolute Gasteiger partial charge is 0.368 e. The Labute approximate surface area is 116 Å². The summed E-state index contributed by atoms with van der Waals surface area (Å²) in [4.78, 5) is 16.4. The molecule has 1 aliphatic heterocycles. The first kappa shape index (κ1) is 14.8. The molecule has 4 atom stereocenters. The summed E-state index contributed by atoms with van der Waals surface area (Å²) in [6, 6.07) is 1.02. The van der Waals surface area contributed by atoms with Crippen molar-refractivity contribution < 1.29 is 4.79 Å². The second kappa shape index (κ2) is 5.38. The summed E-state index contributed by atoms with van der Waals surface area (Å²) >= 11 is 0. The van der Waals surface area contributed by atoms with Crippen molar-refractivity contribution in [2.45, 2.75) is 50.2 Å². The number of hydrogen-bond acceptors (Lipinski definition) is 4. The van der Waals surface area contributed by atoms with Crippen LogP contribution in [0.3, 0.4) is 0 Å². The van der Waals surface area contributed by atoms with Gasteiger partial charge in [0, 0.05) is 25.2 Å². The molecule has 4 N–H and O–H groups in total. The van der Waals surface area contributed by atoms with Crippen molar-refractivity contribution in [3.8, 4) is 0 Å². The number of nitrogens with zero attached hydrogens (tertiary/aromatic N) is 2. The minimum Gasteiger partial charge on any atom is -0.368 e. The van der Waals surface area contributed by atoms with Crippen LogP contribution in [0.4, 0.5) is 0 Å². The lowest BCUT2D eigenvalue weighted by atomic mass is 9.78. The average molecular weight is 268 g/mol. The minimum atomic E-state index is -0.789. The number of carbonyl (C=O) groups is 1. The maximum atomic E-state index is 11.5. The molecule has 5 heteroatoms. The van der Waals surface area contributed by atoms with E-state index in [0.717, 1.165) is 38.8 Å². The van der Waals surface area contributed by atoms with Gasteiger partial charge in [-0.2, -0.15) is 0 Å². The van der Waals surface area contributed by atoms with Crippen LogP contribution in [-0.2, 0) is 4.79 Å². The van der Waals surface area contributed by atoms with E-state index in [1.54, 1.807) is 0 Å². The molecular formula is C14H28N4O. The molecule has 2 rings (SSSR count). The Kier molecular flexibility index (Phi) is 4.18. The zero-order valence-corrected chi connectivity index (χ0v) is 12.4. The van der Waals surface area contributed by atoms with E-state index in [1.165, 1.54) is 0 Å². The standard InChI is InChI=1S/C14H28N4O/c1-10-8-18(9-12(10)17(2)3)11-5-4-6-14(16,7-11)13(15)19/h10-12H,4-9,16H2,1-3H3,(H2,15,19). The van der Waals surface area contributed by atoms with Crippen LogP contribution >= 0.6 is 0 Å². The summed E-state index contributed by atoms with van der Waals surface area (Å²) in [7, 11) is 4.28. The van der Waals surface area contributed by atoms with Gasteiger partial charge in [0.15, 0.2) is 0 Å². The van der Waals surface area contributed by atoms with Crippen molar-refractivity contribution >= 4 is 5.91 Å². The van der Waals surface area contributed by atoms with Crippen LogP contribution in [0.25, 0.3) is 0 Å². The Bertz CT molecular complexity index is 346. The van der Waals surface area contributed by atoms with Gasteiger partial charge in [-0.25, -0.2) is 0 Å². The summed E-state index contributed by atoms with van der Waals surface area (Å²) < 4.78 is 0. The molecule has 2 aliphatic rings. The number of rotatable bonds is 3. The quantitative estimate of drug-likeness (QED) is 0.755. The van der Waals surface area contributed by atoms with E-state index >= 15 is 0 Å². The molecule has 0 spiro atoms. The van der Waals surface area contributed by atoms with Crippen molar-refractivity contribution in [2.75, 3.05) is 27.2 Å². The molecule has 1 aliphatic carbocycles. The van der Waals surface area contributed by atoms with Gasteiger partial charge in [0.1, 0.15) is 0 Å². The summed E-state index contributed by atoms with van der Waals surface area (Å²) in [5.41, 5.74) is 10.9. The lowest BCUT2D eigenvalue weighted by molar-refractivity contribution is -0.125. The minimum absolute atomic E-state index is 0.339. The second-order valence-corrected chi connectivity index (χ2v) is 6.73. The van der Waals surface area contributed by atoms with Gasteiger partial charge in [-0.3, -0.25) is 9.69 Å². The number of amides is 1. The first-order valence-corrected chi connectivity index (χ1v) is 7.33. The number of likely N-dealkylation sites (N-methyl/N-ethyl adjacent to an activating group) is 1. The Hall–Kier alpha value is -0.650. The highest BCUT2D eigenvalue weighted by atomic mass is 16.1. The molecule has 0 bridgehead atoms. The number of primary amides is 1. The van der Waals surface area contributed by atoms with Crippen molar-refractivity contribution in [1.29, 1.82) is 0 Å². The zero-order chi connectivity index (χ0) is 14.2. The fourth-order valence-corrected chi connectivity index (χ4v) is 3.77. The molecule has 0 radical (unpaired) electrons. The third-order valence-electron chi connectivity index (χ3n) is 5.03. The van der Waals surface area contributed by atoms with Gasteiger partial charge in [-0.1, -0.05) is 6.92 Å². The fraction of sp³-hybridized carbons (Fsp3) is 0.929. The molecule has 2 fully saturated rings. The van der Waals surface area contributed by atoms with Gasteiger partial charge in [0.2, 0.25) is 5.91 Å². The molecule has 110 valence electrons. The average Bonchev–Trinajstić information content (AvgIpc) is 2.71. The van der Waals surface area contributed by atoms with Crippen molar-refractivity contribution in [3.63, 3.8) is 0 Å². The third-order valence-corrected chi connectivity index (χ3v) is 5.03. The SMILES string of the molecule is CC1CN(C2CCCC(N)(C(N)=O)C2)CC1N(C)C. The van der Waals surface area contributed by atoms with E-state index in [-0.39, 0.29) is 5.91 Å². The van der Waals surface area contributed by atoms with Crippen LogP contribution in [0.15, 0.2) is 0 Å². The van der Waals surface area contributed by atoms with Crippen LogP contribution in [0.2, 0.25) is 0 Å². The first-order valence-electron chi connectivity index (χ1n) is 7.33. The molecule has 1 heterocycles. The first-order chi connectivity index (χ1) is 8.83. The van der Waals surface area contributed by atoms with E-state index < -0.39 is 5.54 Å². The second-order valence-electron chi connectivity index (χ2n) is 6.73. The Morgan fingerprint density at radius 1 is 1.37 bits per heavy atom. The third kappa shape index (κ3) is 2.93. The van der Waals surface area contributed by atoms with Crippen LogP contribution < -0.4 is 11.5 Å². The van der Waals surface area contributed by atoms with Crippen molar-refractivity contribution in [3.05, 3.63) is 0 Å². The number of carbonyl (C=O) groups excluding carboxylic acids is 1. The molecule has 0 aromatic rings. The topological polar surface area (TPSA) is 75.6 Å². The van der Waals surface area contributed by atoms with Gasteiger partial charge in [-0.05, 0) is 45.7 Å². The Morgan fingerprint density at radius 2 is 2.05 bits per heavy atom. The summed E-state index contributed by atoms with van der Waals surface area (Å²) in [5.74, 6) is 0.325. The predicted molar refractivity (Wildman–Crippen MR) is 76.6 cm³/mol. The van der Waals surface area contributed by atoms with Gasteiger partial charge in [-0.15, -0.1) is 0 Å². The molecular weight excluding hydrogens is 240 g/mol. The van der Waals surface area contributed by atoms with E-state index in [2.05, 4.69) is 30.8 Å². The fourth-order valence-electron chi connectivity index (χ4n) is 3.77. The molecule has 1 saturated carbocycles. The van der Waals surface area contributed by atoms with Crippen molar-refractivity contribution in [1.82, 2.24) is 9.80 Å². The monoisotopic (exact) mass is 268 g/mol. The van der Waals surface area contributed by atoms with E-state index in [9.17, 15) is 4.79 Å². The Morgan fingerprint density at radius 3 is 2.58 bits per heavy atom. The summed E-state index contributed by atoms with van der Waals surface area (Å²) in [5, 5.41) is 0. The summed E-state index contributed by atoms with van der Waals surface area (Å²) in [6.45, 7) is 4.48. The predicted octanol–water partition coefficient (Wildman–Crippen LogP) is -0.00630. The molecule has 0 aromatic carbocycles. The highest BCUT2D eigenvalue weighted by Crippen LogP contribution is 2.33. The van der Waals surface area contributed by atoms with E-state index in [0.29, 0.717) is 18.0 Å². The zero-order valence-electron chi connectivity index (χ0n) is 12.4. The van der Waals surface area contributed by atoms with Crippen LogP contribution in [0, 0.1) is 5.92 Å². The normalized spacial score (nSPS) is 40.8. The van der Waals surface area contributed by atoms with Gasteiger partial charge < -0.3 is 16.4 Å². The van der Waals surface area contributed by atoms with Crippen LogP contribution in [0.5, 0.6) is 0 Å². The lowest BCUT2D eigenvalue weighted by Crippen LogP contribution is -2.58. The number of likely N-dealkylation sites (tertiary alicyclic amines) is 1. The molecule has 4 unspecified atom stereocenters.